The lowest BCUT2D eigenvalue weighted by Crippen LogP contribution is -2.44. The zero-order valence-corrected chi connectivity index (χ0v) is 17.4. The average molecular weight is 425 g/mol. The van der Waals surface area contributed by atoms with E-state index in [0.717, 1.165) is 5.69 Å². The number of hydrogen-bond acceptors (Lipinski definition) is 3. The van der Waals surface area contributed by atoms with Gasteiger partial charge in [-0.3, -0.25) is 19.3 Å². The second-order valence-electron chi connectivity index (χ2n) is 9.70. The third kappa shape index (κ3) is 2.71. The number of carbonyl (C=O) groups excluding carboxylic acids is 3. The zero-order chi connectivity index (χ0) is 20.6. The predicted molar refractivity (Wildman–Crippen MR) is 112 cm³/mol. The average Bonchev–Trinajstić information content (AvgIpc) is 3.53. The van der Waals surface area contributed by atoms with Gasteiger partial charge in [0.15, 0.2) is 0 Å². The number of allylic oxidation sites excluding steroid dienone is 2. The molecule has 0 aromatic heterocycles. The van der Waals surface area contributed by atoms with Gasteiger partial charge in [0.2, 0.25) is 17.7 Å². The van der Waals surface area contributed by atoms with Crippen LogP contribution < -0.4 is 5.32 Å². The van der Waals surface area contributed by atoms with Crippen LogP contribution in [0.5, 0.6) is 0 Å². The van der Waals surface area contributed by atoms with Crippen molar-refractivity contribution in [3.63, 3.8) is 0 Å². The highest BCUT2D eigenvalue weighted by atomic mass is 35.5. The third-order valence-corrected chi connectivity index (χ3v) is 8.49. The number of nitrogens with zero attached hydrogens (tertiary/aromatic N) is 1. The Labute approximate surface area is 180 Å². The van der Waals surface area contributed by atoms with Crippen molar-refractivity contribution in [1.29, 1.82) is 0 Å². The van der Waals surface area contributed by atoms with Crippen LogP contribution in [0, 0.1) is 41.4 Å². The molecule has 1 aromatic rings. The Balaban J connectivity index is 1.11. The van der Waals surface area contributed by atoms with Gasteiger partial charge in [-0.25, -0.2) is 0 Å². The number of imide groups is 1. The molecule has 5 nitrogen and oxygen atoms in total. The summed E-state index contributed by atoms with van der Waals surface area (Å²) in [5, 5.41) is 3.59. The maximum absolute atomic E-state index is 13.3. The molecule has 1 aromatic carbocycles. The van der Waals surface area contributed by atoms with Gasteiger partial charge in [0, 0.05) is 22.7 Å². The van der Waals surface area contributed by atoms with E-state index in [1.807, 2.05) is 0 Å². The predicted octanol–water partition coefficient (Wildman–Crippen LogP) is 3.89. The molecule has 0 unspecified atom stereocenters. The minimum atomic E-state index is -0.123. The summed E-state index contributed by atoms with van der Waals surface area (Å²) in [5.74, 6) is 1.59. The Hall–Kier alpha value is -2.14. The number of likely N-dealkylation sites (tertiary alicyclic amines) is 1. The van der Waals surface area contributed by atoms with Crippen molar-refractivity contribution in [2.45, 2.75) is 38.1 Å². The van der Waals surface area contributed by atoms with Crippen molar-refractivity contribution in [1.82, 2.24) is 4.90 Å². The smallest absolute Gasteiger partial charge is 0.233 e. The van der Waals surface area contributed by atoms with Crippen LogP contribution in [0.15, 0.2) is 36.4 Å². The summed E-state index contributed by atoms with van der Waals surface area (Å²) < 4.78 is 0. The fourth-order valence-electron chi connectivity index (χ4n) is 6.71. The molecular weight excluding hydrogens is 400 g/mol. The Morgan fingerprint density at radius 2 is 1.47 bits per heavy atom. The van der Waals surface area contributed by atoms with Crippen LogP contribution in [-0.2, 0) is 14.4 Å². The quantitative estimate of drug-likeness (QED) is 0.591. The number of nitrogens with one attached hydrogen (secondary N) is 1. The lowest BCUT2D eigenvalue weighted by molar-refractivity contribution is -0.144. The topological polar surface area (TPSA) is 66.5 Å². The molecule has 30 heavy (non-hydrogen) atoms. The highest BCUT2D eigenvalue weighted by Crippen LogP contribution is 2.65. The zero-order valence-electron chi connectivity index (χ0n) is 16.7. The third-order valence-electron chi connectivity index (χ3n) is 8.24. The summed E-state index contributed by atoms with van der Waals surface area (Å²) >= 11 is 5.90. The van der Waals surface area contributed by atoms with Crippen molar-refractivity contribution < 1.29 is 14.4 Å². The van der Waals surface area contributed by atoms with Crippen LogP contribution in [0.25, 0.3) is 0 Å². The van der Waals surface area contributed by atoms with E-state index >= 15 is 0 Å². The van der Waals surface area contributed by atoms with Crippen LogP contribution in [0.3, 0.4) is 0 Å². The highest BCUT2D eigenvalue weighted by molar-refractivity contribution is 6.30. The normalized spacial score (nSPS) is 40.9. The Bertz CT molecular complexity index is 914. The van der Waals surface area contributed by atoms with Crippen LogP contribution in [0.1, 0.15) is 32.1 Å². The van der Waals surface area contributed by atoms with Crippen molar-refractivity contribution in [3.8, 4) is 0 Å². The van der Waals surface area contributed by atoms with Gasteiger partial charge in [0.25, 0.3) is 0 Å². The first kappa shape index (κ1) is 18.6. The fourth-order valence-corrected chi connectivity index (χ4v) is 6.84. The van der Waals surface area contributed by atoms with Crippen molar-refractivity contribution in [2.24, 2.45) is 41.4 Å². The van der Waals surface area contributed by atoms with Crippen molar-refractivity contribution in [2.75, 3.05) is 5.32 Å². The van der Waals surface area contributed by atoms with Crippen LogP contribution in [0.2, 0.25) is 5.02 Å². The first-order valence-electron chi connectivity index (χ1n) is 11.1. The fraction of sp³-hybridized carbons (Fsp3) is 0.542. The Morgan fingerprint density at radius 3 is 2.03 bits per heavy atom. The second-order valence-corrected chi connectivity index (χ2v) is 10.1. The standard InChI is InChI=1S/C24H25ClN2O3/c25-13-3-5-14(6-4-13)26-22(28)12-1-7-15(8-2-12)27-23(29)20-16-9-10-17(19-11-18(16)19)21(20)24(27)30/h3-6,9-10,12,15-21H,1-2,7-8,11H2,(H,26,28)/t12?,15?,16-,17-,18-,19+,20-,21+/m0/s1. The molecular formula is C24H25ClN2O3. The maximum atomic E-state index is 13.3. The minimum absolute atomic E-state index is 0.00542. The molecule has 156 valence electrons. The number of amides is 3. The number of benzene rings is 1. The molecule has 1 N–H and O–H groups in total. The van der Waals surface area contributed by atoms with E-state index in [1.54, 1.807) is 29.2 Å². The number of carbonyl (C=O) groups is 3. The molecule has 6 aliphatic rings. The van der Waals surface area contributed by atoms with Crippen molar-refractivity contribution >= 4 is 35.0 Å². The number of anilines is 1. The van der Waals surface area contributed by atoms with E-state index in [2.05, 4.69) is 17.5 Å². The van der Waals surface area contributed by atoms with Gasteiger partial charge in [-0.2, -0.15) is 0 Å². The van der Waals surface area contributed by atoms with E-state index in [9.17, 15) is 14.4 Å². The lowest BCUT2D eigenvalue weighted by Gasteiger charge is -2.37. The molecule has 3 amide bonds. The monoisotopic (exact) mass is 424 g/mol. The number of hydrogen-bond donors (Lipinski definition) is 1. The van der Waals surface area contributed by atoms with Crippen molar-refractivity contribution in [3.05, 3.63) is 41.4 Å². The van der Waals surface area contributed by atoms with Gasteiger partial charge in [0.1, 0.15) is 0 Å². The number of rotatable bonds is 3. The van der Waals surface area contributed by atoms with Gasteiger partial charge in [-0.1, -0.05) is 23.8 Å². The van der Waals surface area contributed by atoms with Gasteiger partial charge in [-0.05, 0) is 80.0 Å². The first-order chi connectivity index (χ1) is 14.5. The summed E-state index contributed by atoms with van der Waals surface area (Å²) in [5.41, 5.74) is 0.738. The maximum Gasteiger partial charge on any atom is 0.233 e. The van der Waals surface area contributed by atoms with E-state index < -0.39 is 0 Å². The molecule has 3 saturated carbocycles. The molecule has 0 spiro atoms. The first-order valence-corrected chi connectivity index (χ1v) is 11.5. The molecule has 1 heterocycles. The van der Waals surface area contributed by atoms with E-state index in [4.69, 9.17) is 11.6 Å². The largest absolute Gasteiger partial charge is 0.326 e. The molecule has 5 aliphatic carbocycles. The van der Waals surface area contributed by atoms with Gasteiger partial charge < -0.3 is 5.32 Å². The molecule has 1 saturated heterocycles. The van der Waals surface area contributed by atoms with E-state index in [-0.39, 0.29) is 53.4 Å². The summed E-state index contributed by atoms with van der Waals surface area (Å²) in [6, 6.07) is 7.05. The molecule has 7 rings (SSSR count). The highest BCUT2D eigenvalue weighted by Gasteiger charge is 2.67. The molecule has 6 heteroatoms. The minimum Gasteiger partial charge on any atom is -0.326 e. The summed E-state index contributed by atoms with van der Waals surface area (Å²) in [6.07, 6.45) is 8.44. The van der Waals surface area contributed by atoms with Gasteiger partial charge >= 0.3 is 0 Å². The summed E-state index contributed by atoms with van der Waals surface area (Å²) in [4.78, 5) is 40.8. The lowest BCUT2D eigenvalue weighted by atomic mass is 9.63. The van der Waals surface area contributed by atoms with Gasteiger partial charge in [-0.15, -0.1) is 0 Å². The Morgan fingerprint density at radius 1 is 0.900 bits per heavy atom. The SMILES string of the molecule is O=C(Nc1ccc(Cl)cc1)C1CCC(N2C(=O)[C@@H]3[C@H]4C=C[C@@H]([C@@H]5C[C@H]45)[C@@H]3C2=O)CC1. The molecule has 1 aliphatic heterocycles. The molecule has 4 fully saturated rings. The summed E-state index contributed by atoms with van der Waals surface area (Å²) in [6.45, 7) is 0. The second kappa shape index (κ2) is 6.68. The molecule has 0 radical (unpaired) electrons. The van der Waals surface area contributed by atoms with Crippen LogP contribution in [0.4, 0.5) is 5.69 Å². The van der Waals surface area contributed by atoms with E-state index in [0.29, 0.717) is 42.5 Å². The Kier molecular flexibility index (Phi) is 4.14. The van der Waals surface area contributed by atoms with E-state index in [1.165, 1.54) is 6.42 Å². The number of halogens is 1. The van der Waals surface area contributed by atoms with Gasteiger partial charge in [0.05, 0.1) is 11.8 Å². The van der Waals surface area contributed by atoms with Crippen LogP contribution >= 0.6 is 11.6 Å². The summed E-state index contributed by atoms with van der Waals surface area (Å²) in [7, 11) is 0. The van der Waals surface area contributed by atoms with Crippen LogP contribution in [-0.4, -0.2) is 28.7 Å². The molecule has 2 bridgehead atoms. The molecule has 6 atom stereocenters.